The molecule has 0 spiro atoms. The summed E-state index contributed by atoms with van der Waals surface area (Å²) in [7, 11) is 0. The van der Waals surface area contributed by atoms with Gasteiger partial charge >= 0.3 is 0 Å². The molecule has 0 radical (unpaired) electrons. The van der Waals surface area contributed by atoms with Crippen LogP contribution in [0, 0.1) is 13.8 Å². The van der Waals surface area contributed by atoms with Gasteiger partial charge in [-0.1, -0.05) is 11.6 Å². The van der Waals surface area contributed by atoms with E-state index in [1.165, 1.54) is 0 Å². The van der Waals surface area contributed by atoms with Crippen molar-refractivity contribution in [2.75, 3.05) is 5.32 Å². The van der Waals surface area contributed by atoms with Crippen molar-refractivity contribution in [3.63, 3.8) is 0 Å². The maximum Gasteiger partial charge on any atom is 0.204 e. The van der Waals surface area contributed by atoms with Gasteiger partial charge in [0.05, 0.1) is 5.69 Å². The average Bonchev–Trinajstić information content (AvgIpc) is 2.60. The maximum absolute atomic E-state index is 6.07. The van der Waals surface area contributed by atoms with Gasteiger partial charge < -0.3 is 10.3 Å². The van der Waals surface area contributed by atoms with Crippen LogP contribution in [-0.2, 0) is 0 Å². The fraction of sp³-hybridized carbons (Fsp3) is 0.182. The molecule has 0 aliphatic rings. The Kier molecular flexibility index (Phi) is 3.21. The highest BCUT2D eigenvalue weighted by Crippen LogP contribution is 2.30. The molecule has 0 aliphatic heterocycles. The van der Waals surface area contributed by atoms with Crippen molar-refractivity contribution < 1.29 is 0 Å². The first-order valence-corrected chi connectivity index (χ1v) is 5.97. The summed E-state index contributed by atoms with van der Waals surface area (Å²) in [4.78, 5) is 7.27. The van der Waals surface area contributed by atoms with E-state index in [-0.39, 0.29) is 0 Å². The zero-order valence-corrected chi connectivity index (χ0v) is 11.3. The van der Waals surface area contributed by atoms with Gasteiger partial charge in [-0.15, -0.1) is 0 Å². The van der Waals surface area contributed by atoms with Crippen molar-refractivity contribution in [1.82, 2.24) is 9.97 Å². The Hall–Kier alpha value is -1.000. The number of imidazole rings is 1. The molecule has 1 aromatic carbocycles. The molecule has 0 fully saturated rings. The largest absolute Gasteiger partial charge is 0.328 e. The number of H-pyrrole nitrogens is 1. The van der Waals surface area contributed by atoms with Crippen LogP contribution in [0.25, 0.3) is 0 Å². The molecule has 0 unspecified atom stereocenters. The van der Waals surface area contributed by atoms with Crippen molar-refractivity contribution in [1.29, 1.82) is 0 Å². The number of benzene rings is 1. The Morgan fingerprint density at radius 3 is 2.75 bits per heavy atom. The van der Waals surface area contributed by atoms with Gasteiger partial charge in [-0.05, 0) is 47.5 Å². The van der Waals surface area contributed by atoms with Crippen LogP contribution in [0.4, 0.5) is 11.6 Å². The number of rotatable bonds is 2. The monoisotopic (exact) mass is 299 g/mol. The quantitative estimate of drug-likeness (QED) is 0.873. The topological polar surface area (TPSA) is 40.7 Å². The molecule has 0 atom stereocenters. The summed E-state index contributed by atoms with van der Waals surface area (Å²) in [5.41, 5.74) is 2.94. The highest BCUT2D eigenvalue weighted by Gasteiger charge is 2.05. The Morgan fingerprint density at radius 1 is 1.38 bits per heavy atom. The van der Waals surface area contributed by atoms with E-state index >= 15 is 0 Å². The lowest BCUT2D eigenvalue weighted by Crippen LogP contribution is -1.94. The Bertz CT molecular complexity index is 522. The van der Waals surface area contributed by atoms with Crippen LogP contribution in [0.5, 0.6) is 0 Å². The zero-order chi connectivity index (χ0) is 11.7. The van der Waals surface area contributed by atoms with Gasteiger partial charge in [0.1, 0.15) is 0 Å². The Balaban J connectivity index is 2.31. The number of nitrogens with zero attached hydrogens (tertiary/aromatic N) is 1. The minimum atomic E-state index is 0.707. The molecule has 84 valence electrons. The number of halogens is 2. The van der Waals surface area contributed by atoms with E-state index in [1.807, 2.05) is 26.0 Å². The second-order valence-electron chi connectivity index (χ2n) is 3.62. The van der Waals surface area contributed by atoms with E-state index in [0.29, 0.717) is 5.95 Å². The van der Waals surface area contributed by atoms with E-state index < -0.39 is 0 Å². The predicted molar refractivity (Wildman–Crippen MR) is 70.5 cm³/mol. The second kappa shape index (κ2) is 4.47. The van der Waals surface area contributed by atoms with Crippen LogP contribution in [0.15, 0.2) is 22.8 Å². The Morgan fingerprint density at radius 2 is 2.12 bits per heavy atom. The molecule has 16 heavy (non-hydrogen) atoms. The van der Waals surface area contributed by atoms with Crippen LogP contribution < -0.4 is 5.32 Å². The lowest BCUT2D eigenvalue weighted by molar-refractivity contribution is 1.24. The highest BCUT2D eigenvalue weighted by molar-refractivity contribution is 9.10. The SMILES string of the molecule is Cc1cnc(Nc2cc(Cl)c(C)cc2Br)[nH]1. The van der Waals surface area contributed by atoms with Crippen molar-refractivity contribution in [2.24, 2.45) is 0 Å². The van der Waals surface area contributed by atoms with E-state index in [4.69, 9.17) is 11.6 Å². The zero-order valence-electron chi connectivity index (χ0n) is 8.94. The molecule has 1 heterocycles. The van der Waals surface area contributed by atoms with Crippen molar-refractivity contribution in [3.8, 4) is 0 Å². The smallest absolute Gasteiger partial charge is 0.204 e. The minimum absolute atomic E-state index is 0.707. The molecular formula is C11H11BrClN3. The first-order chi connectivity index (χ1) is 7.56. The van der Waals surface area contributed by atoms with E-state index in [0.717, 1.165) is 26.4 Å². The van der Waals surface area contributed by atoms with E-state index in [1.54, 1.807) is 6.20 Å². The molecule has 2 rings (SSSR count). The number of hydrogen-bond donors (Lipinski definition) is 2. The van der Waals surface area contributed by atoms with Gasteiger partial charge in [0.2, 0.25) is 5.95 Å². The summed E-state index contributed by atoms with van der Waals surface area (Å²) in [5, 5.41) is 3.89. The molecule has 0 bridgehead atoms. The molecule has 1 aromatic heterocycles. The van der Waals surface area contributed by atoms with Crippen molar-refractivity contribution in [3.05, 3.63) is 39.1 Å². The summed E-state index contributed by atoms with van der Waals surface area (Å²) < 4.78 is 0.962. The molecule has 3 nitrogen and oxygen atoms in total. The molecule has 0 saturated heterocycles. The number of hydrogen-bond acceptors (Lipinski definition) is 2. The highest BCUT2D eigenvalue weighted by atomic mass is 79.9. The van der Waals surface area contributed by atoms with Crippen molar-refractivity contribution >= 4 is 39.2 Å². The van der Waals surface area contributed by atoms with Gasteiger partial charge in [0.15, 0.2) is 0 Å². The van der Waals surface area contributed by atoms with Gasteiger partial charge in [0.25, 0.3) is 0 Å². The van der Waals surface area contributed by atoms with Gasteiger partial charge in [-0.2, -0.15) is 0 Å². The number of aromatic amines is 1. The summed E-state index contributed by atoms with van der Waals surface area (Å²) in [6.07, 6.45) is 1.77. The lowest BCUT2D eigenvalue weighted by Gasteiger charge is -2.08. The summed E-state index contributed by atoms with van der Waals surface area (Å²) >= 11 is 9.55. The Labute approximate surface area is 107 Å². The van der Waals surface area contributed by atoms with E-state index in [2.05, 4.69) is 31.2 Å². The fourth-order valence-corrected chi connectivity index (χ4v) is 2.07. The molecular weight excluding hydrogens is 289 g/mol. The first kappa shape index (κ1) is 11.5. The minimum Gasteiger partial charge on any atom is -0.328 e. The third-order valence-corrected chi connectivity index (χ3v) is 3.27. The fourth-order valence-electron chi connectivity index (χ4n) is 1.35. The number of anilines is 2. The van der Waals surface area contributed by atoms with Crippen LogP contribution in [0.2, 0.25) is 5.02 Å². The second-order valence-corrected chi connectivity index (χ2v) is 4.88. The van der Waals surface area contributed by atoms with Crippen LogP contribution >= 0.6 is 27.5 Å². The predicted octanol–water partition coefficient (Wildman–Crippen LogP) is 4.19. The molecule has 0 saturated carbocycles. The normalized spacial score (nSPS) is 10.5. The molecule has 2 N–H and O–H groups in total. The third-order valence-electron chi connectivity index (χ3n) is 2.20. The van der Waals surface area contributed by atoms with Crippen molar-refractivity contribution in [2.45, 2.75) is 13.8 Å². The van der Waals surface area contributed by atoms with Gasteiger partial charge in [0, 0.05) is 21.4 Å². The lowest BCUT2D eigenvalue weighted by atomic mass is 10.2. The molecule has 0 amide bonds. The average molecular weight is 301 g/mol. The van der Waals surface area contributed by atoms with E-state index in [9.17, 15) is 0 Å². The summed E-state index contributed by atoms with van der Waals surface area (Å²) in [5.74, 6) is 0.707. The third kappa shape index (κ3) is 2.39. The van der Waals surface area contributed by atoms with Gasteiger partial charge in [-0.3, -0.25) is 0 Å². The maximum atomic E-state index is 6.07. The summed E-state index contributed by atoms with van der Waals surface area (Å²) in [6, 6.07) is 3.85. The summed E-state index contributed by atoms with van der Waals surface area (Å²) in [6.45, 7) is 3.92. The molecule has 2 aromatic rings. The molecule has 5 heteroatoms. The number of aryl methyl sites for hydroxylation is 2. The van der Waals surface area contributed by atoms with Gasteiger partial charge in [-0.25, -0.2) is 4.98 Å². The standard InChI is InChI=1S/C11H11BrClN3/c1-6-3-8(12)10(4-9(6)13)16-11-14-5-7(2)15-11/h3-5H,1-2H3,(H2,14,15,16). The van der Waals surface area contributed by atoms with Crippen LogP contribution in [-0.4, -0.2) is 9.97 Å². The van der Waals surface area contributed by atoms with Crippen LogP contribution in [0.3, 0.4) is 0 Å². The number of aromatic nitrogens is 2. The molecule has 0 aliphatic carbocycles. The first-order valence-electron chi connectivity index (χ1n) is 4.80. The van der Waals surface area contributed by atoms with Crippen LogP contribution in [0.1, 0.15) is 11.3 Å². The number of nitrogens with one attached hydrogen (secondary N) is 2.